The molecule has 33 heavy (non-hydrogen) atoms. The van der Waals surface area contributed by atoms with Gasteiger partial charge in [-0.05, 0) is 48.6 Å². The molecule has 168 valence electrons. The van der Waals surface area contributed by atoms with E-state index in [4.69, 9.17) is 0 Å². The zero-order valence-electron chi connectivity index (χ0n) is 18.1. The Morgan fingerprint density at radius 1 is 0.879 bits per heavy atom. The highest BCUT2D eigenvalue weighted by molar-refractivity contribution is 5.83. The Balaban J connectivity index is 1.37. The molecule has 0 amide bonds. The Labute approximate surface area is 189 Å². The molecule has 2 N–H and O–H groups in total. The highest BCUT2D eigenvalue weighted by atomic mass is 19.1. The fourth-order valence-electron chi connectivity index (χ4n) is 4.28. The molecular formula is C25H24F2N6. The van der Waals surface area contributed by atoms with Crippen LogP contribution < -0.4 is 0 Å². The summed E-state index contributed by atoms with van der Waals surface area (Å²) in [6.07, 6.45) is 9.09. The molecule has 0 radical (unpaired) electrons. The van der Waals surface area contributed by atoms with E-state index < -0.39 is 11.6 Å². The minimum absolute atomic E-state index is 0.318. The lowest BCUT2D eigenvalue weighted by molar-refractivity contribution is 0.574. The van der Waals surface area contributed by atoms with Crippen LogP contribution in [0.25, 0.3) is 10.9 Å². The molecule has 0 saturated carbocycles. The summed E-state index contributed by atoms with van der Waals surface area (Å²) in [5.41, 5.74) is 3.95. The third-order valence-corrected chi connectivity index (χ3v) is 5.86. The van der Waals surface area contributed by atoms with E-state index in [0.29, 0.717) is 24.4 Å². The first kappa shape index (κ1) is 21.1. The smallest absolute Gasteiger partial charge is 0.137 e. The maximum Gasteiger partial charge on any atom is 0.137 e. The first-order chi connectivity index (χ1) is 16.2. The monoisotopic (exact) mass is 446 g/mol. The van der Waals surface area contributed by atoms with Gasteiger partial charge in [0.15, 0.2) is 0 Å². The molecule has 3 heterocycles. The van der Waals surface area contributed by atoms with Gasteiger partial charge in [0.25, 0.3) is 0 Å². The molecule has 0 fully saturated rings. The standard InChI is InChI=1S/C25H24F2N6/c26-19-10-17(11-20(27)13-19)12-25-32-31-24(33(25)9-3-4-21-15-28-16-30-21)8-7-18-14-29-23-6-2-1-5-22(18)23/h1-2,5-6,10-11,13-16,29H,3-4,7-9,12H2,(H,28,30). The summed E-state index contributed by atoms with van der Waals surface area (Å²) in [4.78, 5) is 10.5. The number of hydrogen-bond acceptors (Lipinski definition) is 3. The highest BCUT2D eigenvalue weighted by Crippen LogP contribution is 2.20. The molecular weight excluding hydrogens is 422 g/mol. The molecule has 0 unspecified atom stereocenters. The molecule has 0 spiro atoms. The van der Waals surface area contributed by atoms with Crippen LogP contribution in [0.5, 0.6) is 0 Å². The van der Waals surface area contributed by atoms with E-state index >= 15 is 0 Å². The molecule has 5 aromatic rings. The van der Waals surface area contributed by atoms with Gasteiger partial charge >= 0.3 is 0 Å². The van der Waals surface area contributed by atoms with Crippen molar-refractivity contribution in [3.63, 3.8) is 0 Å². The molecule has 0 aliphatic heterocycles. The number of aryl methyl sites for hydroxylation is 3. The van der Waals surface area contributed by atoms with Gasteiger partial charge < -0.3 is 14.5 Å². The van der Waals surface area contributed by atoms with E-state index in [0.717, 1.165) is 48.8 Å². The van der Waals surface area contributed by atoms with E-state index in [9.17, 15) is 8.78 Å². The van der Waals surface area contributed by atoms with Gasteiger partial charge in [0, 0.05) is 54.4 Å². The lowest BCUT2D eigenvalue weighted by atomic mass is 10.1. The number of hydrogen-bond donors (Lipinski definition) is 2. The Hall–Kier alpha value is -3.81. The Bertz CT molecular complexity index is 1330. The molecule has 6 nitrogen and oxygen atoms in total. The summed E-state index contributed by atoms with van der Waals surface area (Å²) >= 11 is 0. The van der Waals surface area contributed by atoms with Gasteiger partial charge in [0.2, 0.25) is 0 Å². The van der Waals surface area contributed by atoms with Gasteiger partial charge in [-0.1, -0.05) is 18.2 Å². The number of rotatable bonds is 9. The van der Waals surface area contributed by atoms with Crippen LogP contribution in [0.15, 0.2) is 61.2 Å². The van der Waals surface area contributed by atoms with Crippen LogP contribution in [-0.2, 0) is 32.2 Å². The molecule has 3 aromatic heterocycles. The largest absolute Gasteiger partial charge is 0.361 e. The minimum Gasteiger partial charge on any atom is -0.361 e. The fraction of sp³-hybridized carbons (Fsp3) is 0.240. The van der Waals surface area contributed by atoms with Crippen molar-refractivity contribution in [3.8, 4) is 0 Å². The van der Waals surface area contributed by atoms with Crippen LogP contribution in [0.2, 0.25) is 0 Å². The lowest BCUT2D eigenvalue weighted by Crippen LogP contribution is -2.11. The van der Waals surface area contributed by atoms with Crippen LogP contribution in [-0.4, -0.2) is 29.7 Å². The van der Waals surface area contributed by atoms with Crippen molar-refractivity contribution >= 4 is 10.9 Å². The molecule has 0 bridgehead atoms. The zero-order chi connectivity index (χ0) is 22.6. The van der Waals surface area contributed by atoms with E-state index in [2.05, 4.69) is 41.8 Å². The Morgan fingerprint density at radius 3 is 2.52 bits per heavy atom. The van der Waals surface area contributed by atoms with Crippen LogP contribution in [0.4, 0.5) is 8.78 Å². The van der Waals surface area contributed by atoms with Crippen molar-refractivity contribution in [2.75, 3.05) is 0 Å². The minimum atomic E-state index is -0.588. The first-order valence-electron chi connectivity index (χ1n) is 11.0. The quantitative estimate of drug-likeness (QED) is 0.343. The molecule has 2 aromatic carbocycles. The molecule has 0 atom stereocenters. The molecule has 8 heteroatoms. The maximum absolute atomic E-state index is 13.7. The van der Waals surface area contributed by atoms with E-state index in [-0.39, 0.29) is 0 Å². The normalized spacial score (nSPS) is 11.5. The average molecular weight is 447 g/mol. The Kier molecular flexibility index (Phi) is 5.97. The number of para-hydroxylation sites is 1. The predicted molar refractivity (Wildman–Crippen MR) is 122 cm³/mol. The van der Waals surface area contributed by atoms with E-state index in [1.807, 2.05) is 24.5 Å². The second-order valence-corrected chi connectivity index (χ2v) is 8.18. The summed E-state index contributed by atoms with van der Waals surface area (Å²) in [5.74, 6) is 0.403. The van der Waals surface area contributed by atoms with Crippen LogP contribution in [0.3, 0.4) is 0 Å². The van der Waals surface area contributed by atoms with E-state index in [1.54, 1.807) is 6.33 Å². The van der Waals surface area contributed by atoms with Crippen LogP contribution in [0, 0.1) is 11.6 Å². The number of nitrogens with zero attached hydrogens (tertiary/aromatic N) is 4. The molecule has 0 aliphatic carbocycles. The average Bonchev–Trinajstić information content (AvgIpc) is 3.53. The van der Waals surface area contributed by atoms with Crippen molar-refractivity contribution in [1.82, 2.24) is 29.7 Å². The number of aromatic nitrogens is 6. The van der Waals surface area contributed by atoms with Gasteiger partial charge in [-0.15, -0.1) is 10.2 Å². The number of aromatic amines is 2. The SMILES string of the molecule is Fc1cc(F)cc(Cc2nnc(CCc3c[nH]c4ccccc34)n2CCCc2cnc[nH]2)c1. The van der Waals surface area contributed by atoms with Crippen molar-refractivity contribution in [2.45, 2.75) is 38.6 Å². The second kappa shape index (κ2) is 9.36. The summed E-state index contributed by atoms with van der Waals surface area (Å²) in [6, 6.07) is 11.8. The zero-order valence-corrected chi connectivity index (χ0v) is 18.1. The number of imidazole rings is 1. The van der Waals surface area contributed by atoms with Crippen molar-refractivity contribution in [1.29, 1.82) is 0 Å². The highest BCUT2D eigenvalue weighted by Gasteiger charge is 2.15. The van der Waals surface area contributed by atoms with Crippen molar-refractivity contribution in [3.05, 3.63) is 101 Å². The molecule has 5 rings (SSSR count). The van der Waals surface area contributed by atoms with Gasteiger partial charge in [0.1, 0.15) is 23.3 Å². The van der Waals surface area contributed by atoms with Crippen molar-refractivity contribution in [2.24, 2.45) is 0 Å². The maximum atomic E-state index is 13.7. The first-order valence-corrected chi connectivity index (χ1v) is 11.0. The number of fused-ring (bicyclic) bond motifs is 1. The summed E-state index contributed by atoms with van der Waals surface area (Å²) < 4.78 is 29.5. The van der Waals surface area contributed by atoms with Gasteiger partial charge in [-0.25, -0.2) is 13.8 Å². The third kappa shape index (κ3) is 4.84. The van der Waals surface area contributed by atoms with Gasteiger partial charge in [-0.3, -0.25) is 0 Å². The van der Waals surface area contributed by atoms with Gasteiger partial charge in [0.05, 0.1) is 6.33 Å². The number of nitrogens with one attached hydrogen (secondary N) is 2. The number of H-pyrrole nitrogens is 2. The second-order valence-electron chi connectivity index (χ2n) is 8.18. The number of halogens is 2. The van der Waals surface area contributed by atoms with Crippen LogP contribution in [0.1, 0.15) is 34.9 Å². The molecule has 0 aliphatic rings. The molecule has 0 saturated heterocycles. The Morgan fingerprint density at radius 2 is 1.70 bits per heavy atom. The predicted octanol–water partition coefficient (Wildman–Crippen LogP) is 4.77. The van der Waals surface area contributed by atoms with Crippen LogP contribution >= 0.6 is 0 Å². The third-order valence-electron chi connectivity index (χ3n) is 5.86. The fourth-order valence-corrected chi connectivity index (χ4v) is 4.28. The summed E-state index contributed by atoms with van der Waals surface area (Å²) in [6.45, 7) is 0.711. The number of benzene rings is 2. The van der Waals surface area contributed by atoms with Crippen molar-refractivity contribution < 1.29 is 8.78 Å². The lowest BCUT2D eigenvalue weighted by Gasteiger charge is -2.11. The summed E-state index contributed by atoms with van der Waals surface area (Å²) in [7, 11) is 0. The van der Waals surface area contributed by atoms with E-state index in [1.165, 1.54) is 23.1 Å². The summed E-state index contributed by atoms with van der Waals surface area (Å²) in [5, 5.41) is 10.0. The van der Waals surface area contributed by atoms with Gasteiger partial charge in [-0.2, -0.15) is 0 Å². The topological polar surface area (TPSA) is 75.2 Å².